The van der Waals surface area contributed by atoms with Gasteiger partial charge in [0.1, 0.15) is 0 Å². The maximum atomic E-state index is 11.0. The van der Waals surface area contributed by atoms with Gasteiger partial charge in [0.15, 0.2) is 0 Å². The number of nitrogens with one attached hydrogen (secondary N) is 3. The van der Waals surface area contributed by atoms with Crippen molar-refractivity contribution in [2.45, 2.75) is 13.3 Å². The van der Waals surface area contributed by atoms with Crippen LogP contribution < -0.4 is 16.0 Å². The number of carbonyl (C=O) groups is 2. The summed E-state index contributed by atoms with van der Waals surface area (Å²) in [5.41, 5.74) is 0. The molecule has 5 nitrogen and oxygen atoms in total. The number of likely N-dealkylation sites (N-methyl/N-ethyl adjacent to an activating group) is 1. The fourth-order valence-electron chi connectivity index (χ4n) is 0.693. The quantitative estimate of drug-likeness (QED) is 0.460. The zero-order chi connectivity index (χ0) is 10.1. The van der Waals surface area contributed by atoms with Gasteiger partial charge in [-0.25, -0.2) is 0 Å². The Kier molecular flexibility index (Phi) is 6.91. The van der Waals surface area contributed by atoms with E-state index in [-0.39, 0.29) is 18.4 Å². The third-order valence-corrected chi connectivity index (χ3v) is 1.46. The Labute approximate surface area is 78.3 Å². The molecule has 0 aromatic carbocycles. The molecule has 2 amide bonds. The minimum absolute atomic E-state index is 0.0659. The van der Waals surface area contributed by atoms with Crippen molar-refractivity contribution in [2.75, 3.05) is 26.7 Å². The van der Waals surface area contributed by atoms with E-state index in [0.717, 1.165) is 6.54 Å². The molecule has 76 valence electrons. The molecule has 0 saturated carbocycles. The monoisotopic (exact) mass is 187 g/mol. The average Bonchev–Trinajstić information content (AvgIpc) is 2.14. The van der Waals surface area contributed by atoms with Gasteiger partial charge in [-0.2, -0.15) is 0 Å². The fourth-order valence-corrected chi connectivity index (χ4v) is 0.693. The zero-order valence-electron chi connectivity index (χ0n) is 8.14. The number of hydrogen-bond donors (Lipinski definition) is 3. The van der Waals surface area contributed by atoms with Gasteiger partial charge in [-0.1, -0.05) is 6.92 Å². The van der Waals surface area contributed by atoms with E-state index < -0.39 is 0 Å². The minimum atomic E-state index is -0.156. The normalized spacial score (nSPS) is 9.38. The average molecular weight is 187 g/mol. The lowest BCUT2D eigenvalue weighted by Gasteiger charge is -2.05. The van der Waals surface area contributed by atoms with Crippen LogP contribution in [0.15, 0.2) is 0 Å². The van der Waals surface area contributed by atoms with Gasteiger partial charge < -0.3 is 16.0 Å². The molecule has 0 aliphatic heterocycles. The number of rotatable bonds is 6. The van der Waals surface area contributed by atoms with Gasteiger partial charge in [0.2, 0.25) is 11.8 Å². The molecule has 0 bridgehead atoms. The van der Waals surface area contributed by atoms with Crippen molar-refractivity contribution in [2.24, 2.45) is 0 Å². The summed E-state index contributed by atoms with van der Waals surface area (Å²) >= 11 is 0. The van der Waals surface area contributed by atoms with Gasteiger partial charge >= 0.3 is 0 Å². The summed E-state index contributed by atoms with van der Waals surface area (Å²) < 4.78 is 0. The molecule has 0 spiro atoms. The van der Waals surface area contributed by atoms with Crippen LogP contribution in [0.1, 0.15) is 13.3 Å². The van der Waals surface area contributed by atoms with E-state index in [9.17, 15) is 9.59 Å². The molecule has 0 saturated heterocycles. The molecular formula is C8H17N3O2. The van der Waals surface area contributed by atoms with Gasteiger partial charge in [0, 0.05) is 19.5 Å². The zero-order valence-corrected chi connectivity index (χ0v) is 8.14. The molecule has 0 atom stereocenters. The van der Waals surface area contributed by atoms with Crippen molar-refractivity contribution in [3.63, 3.8) is 0 Å². The van der Waals surface area contributed by atoms with Crippen LogP contribution in [-0.2, 0) is 9.59 Å². The summed E-state index contributed by atoms with van der Waals surface area (Å²) in [5, 5.41) is 8.03. The van der Waals surface area contributed by atoms with Gasteiger partial charge in [-0.05, 0) is 7.05 Å². The van der Waals surface area contributed by atoms with Crippen LogP contribution in [0, 0.1) is 0 Å². The Bertz CT molecular complexity index is 171. The van der Waals surface area contributed by atoms with Crippen LogP contribution in [0.2, 0.25) is 0 Å². The van der Waals surface area contributed by atoms with Crippen LogP contribution in [0.25, 0.3) is 0 Å². The van der Waals surface area contributed by atoms with Gasteiger partial charge in [-0.3, -0.25) is 9.59 Å². The molecule has 0 fully saturated rings. The van der Waals surface area contributed by atoms with Crippen LogP contribution in [-0.4, -0.2) is 38.5 Å². The number of carbonyl (C=O) groups excluding carboxylic acids is 2. The highest BCUT2D eigenvalue weighted by molar-refractivity contribution is 5.84. The van der Waals surface area contributed by atoms with E-state index in [1.165, 1.54) is 0 Å². The molecule has 13 heavy (non-hydrogen) atoms. The second-order valence-electron chi connectivity index (χ2n) is 2.58. The molecule has 0 heterocycles. The van der Waals surface area contributed by atoms with Crippen molar-refractivity contribution in [3.8, 4) is 0 Å². The van der Waals surface area contributed by atoms with Crippen molar-refractivity contribution in [1.82, 2.24) is 16.0 Å². The van der Waals surface area contributed by atoms with E-state index in [0.29, 0.717) is 13.0 Å². The molecular weight excluding hydrogens is 170 g/mol. The maximum absolute atomic E-state index is 11.0. The maximum Gasteiger partial charge on any atom is 0.239 e. The second kappa shape index (κ2) is 7.54. The summed E-state index contributed by atoms with van der Waals surface area (Å²) in [6, 6.07) is 0. The van der Waals surface area contributed by atoms with E-state index in [4.69, 9.17) is 0 Å². The Hall–Kier alpha value is -1.10. The van der Waals surface area contributed by atoms with E-state index in [1.54, 1.807) is 6.92 Å². The van der Waals surface area contributed by atoms with Crippen molar-refractivity contribution in [3.05, 3.63) is 0 Å². The highest BCUT2D eigenvalue weighted by atomic mass is 16.2. The Morgan fingerprint density at radius 2 is 1.77 bits per heavy atom. The van der Waals surface area contributed by atoms with Gasteiger partial charge in [0.05, 0.1) is 6.54 Å². The molecule has 0 aliphatic carbocycles. The first kappa shape index (κ1) is 11.9. The SMILES string of the molecule is CCC(=O)NCC(=O)NCCNC. The smallest absolute Gasteiger partial charge is 0.239 e. The van der Waals surface area contributed by atoms with E-state index in [1.807, 2.05) is 7.05 Å². The summed E-state index contributed by atoms with van der Waals surface area (Å²) in [7, 11) is 1.81. The van der Waals surface area contributed by atoms with Crippen LogP contribution in [0.3, 0.4) is 0 Å². The summed E-state index contributed by atoms with van der Waals surface area (Å²) in [4.78, 5) is 21.7. The first-order chi connectivity index (χ1) is 6.20. The summed E-state index contributed by atoms with van der Waals surface area (Å²) in [6.45, 7) is 3.12. The van der Waals surface area contributed by atoms with Crippen molar-refractivity contribution in [1.29, 1.82) is 0 Å². The van der Waals surface area contributed by atoms with Crippen molar-refractivity contribution < 1.29 is 9.59 Å². The molecule has 0 unspecified atom stereocenters. The predicted octanol–water partition coefficient (Wildman–Crippen LogP) is -1.15. The minimum Gasteiger partial charge on any atom is -0.353 e. The van der Waals surface area contributed by atoms with E-state index >= 15 is 0 Å². The molecule has 0 rings (SSSR count). The third kappa shape index (κ3) is 7.27. The summed E-state index contributed by atoms with van der Waals surface area (Å²) in [5.74, 6) is -0.263. The van der Waals surface area contributed by atoms with Gasteiger partial charge in [-0.15, -0.1) is 0 Å². The Morgan fingerprint density at radius 1 is 1.08 bits per heavy atom. The second-order valence-corrected chi connectivity index (χ2v) is 2.58. The number of amides is 2. The lowest BCUT2D eigenvalue weighted by Crippen LogP contribution is -2.38. The lowest BCUT2D eigenvalue weighted by molar-refractivity contribution is -0.125. The van der Waals surface area contributed by atoms with Crippen LogP contribution in [0.4, 0.5) is 0 Å². The molecule has 5 heteroatoms. The molecule has 3 N–H and O–H groups in total. The molecule has 0 aromatic heterocycles. The standard InChI is InChI=1S/C8H17N3O2/c1-3-7(12)11-6-8(13)10-5-4-9-2/h9H,3-6H2,1-2H3,(H,10,13)(H,11,12). The third-order valence-electron chi connectivity index (χ3n) is 1.46. The molecule has 0 radical (unpaired) electrons. The lowest BCUT2D eigenvalue weighted by atomic mass is 10.4. The van der Waals surface area contributed by atoms with Crippen LogP contribution >= 0.6 is 0 Å². The Balaban J connectivity index is 3.35. The number of hydrogen-bond acceptors (Lipinski definition) is 3. The first-order valence-corrected chi connectivity index (χ1v) is 4.38. The topological polar surface area (TPSA) is 70.2 Å². The first-order valence-electron chi connectivity index (χ1n) is 4.38. The molecule has 0 aromatic rings. The highest BCUT2D eigenvalue weighted by Gasteiger charge is 2.01. The van der Waals surface area contributed by atoms with Gasteiger partial charge in [0.25, 0.3) is 0 Å². The highest BCUT2D eigenvalue weighted by Crippen LogP contribution is 1.73. The van der Waals surface area contributed by atoms with Crippen LogP contribution in [0.5, 0.6) is 0 Å². The fraction of sp³-hybridized carbons (Fsp3) is 0.750. The van der Waals surface area contributed by atoms with E-state index in [2.05, 4.69) is 16.0 Å². The largest absolute Gasteiger partial charge is 0.353 e. The van der Waals surface area contributed by atoms with Crippen molar-refractivity contribution >= 4 is 11.8 Å². The Morgan fingerprint density at radius 3 is 2.31 bits per heavy atom. The predicted molar refractivity (Wildman–Crippen MR) is 50.2 cm³/mol. The summed E-state index contributed by atoms with van der Waals surface area (Å²) in [6.07, 6.45) is 0.407. The molecule has 0 aliphatic rings.